The summed E-state index contributed by atoms with van der Waals surface area (Å²) in [5.41, 5.74) is 2.80. The number of carbonyl (C=O) groups is 1. The van der Waals surface area contributed by atoms with E-state index in [1.807, 2.05) is 18.7 Å². The lowest BCUT2D eigenvalue weighted by Crippen LogP contribution is -2.30. The van der Waals surface area contributed by atoms with Crippen molar-refractivity contribution in [1.29, 1.82) is 0 Å². The zero-order valence-corrected chi connectivity index (χ0v) is 10.5. The summed E-state index contributed by atoms with van der Waals surface area (Å²) < 4.78 is 0. The van der Waals surface area contributed by atoms with Gasteiger partial charge in [0.2, 0.25) is 5.91 Å². The van der Waals surface area contributed by atoms with Crippen LogP contribution in [-0.2, 0) is 17.6 Å². The lowest BCUT2D eigenvalue weighted by Gasteiger charge is -2.17. The number of rotatable bonds is 0. The predicted molar refractivity (Wildman–Crippen MR) is 67.5 cm³/mol. The molecule has 1 aliphatic heterocycles. The van der Waals surface area contributed by atoms with Crippen molar-refractivity contribution in [3.05, 3.63) is 35.4 Å². The Kier molecular flexibility index (Phi) is 5.03. The largest absolute Gasteiger partial charge is 0.342 e. The summed E-state index contributed by atoms with van der Waals surface area (Å²) in [6.45, 7) is 7.38. The summed E-state index contributed by atoms with van der Waals surface area (Å²) in [4.78, 5) is 13.2. The average Bonchev–Trinajstić information content (AvgIpc) is 2.54. The third-order valence-electron chi connectivity index (χ3n) is 2.87. The van der Waals surface area contributed by atoms with Crippen LogP contribution in [-0.4, -0.2) is 23.9 Å². The Hall–Kier alpha value is -1.31. The van der Waals surface area contributed by atoms with Gasteiger partial charge in [-0.1, -0.05) is 38.1 Å². The van der Waals surface area contributed by atoms with Crippen molar-refractivity contribution in [1.82, 2.24) is 4.90 Å². The summed E-state index contributed by atoms with van der Waals surface area (Å²) in [5.74, 6) is 0.192. The summed E-state index contributed by atoms with van der Waals surface area (Å²) in [6.07, 6.45) is 1.99. The average molecular weight is 219 g/mol. The van der Waals surface area contributed by atoms with Crippen LogP contribution in [0.5, 0.6) is 0 Å². The summed E-state index contributed by atoms with van der Waals surface area (Å²) in [5, 5.41) is 0. The van der Waals surface area contributed by atoms with Gasteiger partial charge in [-0.2, -0.15) is 0 Å². The molecule has 0 spiro atoms. The lowest BCUT2D eigenvalue weighted by atomic mass is 10.0. The zero-order chi connectivity index (χ0) is 12.0. The molecule has 1 aliphatic rings. The molecule has 0 radical (unpaired) electrons. The van der Waals surface area contributed by atoms with Crippen LogP contribution in [0.2, 0.25) is 0 Å². The van der Waals surface area contributed by atoms with E-state index in [1.54, 1.807) is 6.92 Å². The summed E-state index contributed by atoms with van der Waals surface area (Å²) in [6, 6.07) is 8.47. The van der Waals surface area contributed by atoms with Gasteiger partial charge in [0.25, 0.3) is 0 Å². The smallest absolute Gasteiger partial charge is 0.219 e. The van der Waals surface area contributed by atoms with E-state index in [9.17, 15) is 4.79 Å². The molecular weight excluding hydrogens is 198 g/mol. The van der Waals surface area contributed by atoms with Gasteiger partial charge in [0.1, 0.15) is 0 Å². The first kappa shape index (κ1) is 12.8. The van der Waals surface area contributed by atoms with Crippen LogP contribution >= 0.6 is 0 Å². The Morgan fingerprint density at radius 3 is 1.88 bits per heavy atom. The van der Waals surface area contributed by atoms with Gasteiger partial charge < -0.3 is 4.90 Å². The molecule has 88 valence electrons. The van der Waals surface area contributed by atoms with Crippen LogP contribution in [0.15, 0.2) is 24.3 Å². The van der Waals surface area contributed by atoms with Crippen molar-refractivity contribution >= 4 is 5.91 Å². The van der Waals surface area contributed by atoms with E-state index in [0.717, 1.165) is 25.9 Å². The van der Waals surface area contributed by atoms with E-state index in [0.29, 0.717) is 0 Å². The Balaban J connectivity index is 0.000000606. The maximum absolute atomic E-state index is 11.2. The molecule has 2 rings (SSSR count). The molecule has 2 heteroatoms. The van der Waals surface area contributed by atoms with Crippen molar-refractivity contribution in [2.75, 3.05) is 13.1 Å². The predicted octanol–water partition coefficient (Wildman–Crippen LogP) is 2.66. The quantitative estimate of drug-likeness (QED) is 0.657. The fourth-order valence-corrected chi connectivity index (χ4v) is 1.98. The molecule has 16 heavy (non-hydrogen) atoms. The van der Waals surface area contributed by atoms with E-state index in [-0.39, 0.29) is 5.91 Å². The molecule has 0 N–H and O–H groups in total. The second kappa shape index (κ2) is 6.31. The van der Waals surface area contributed by atoms with Crippen LogP contribution in [0.3, 0.4) is 0 Å². The first-order chi connectivity index (χ1) is 7.77. The van der Waals surface area contributed by atoms with Gasteiger partial charge in [-0.15, -0.1) is 0 Å². The highest BCUT2D eigenvalue weighted by Crippen LogP contribution is 2.15. The van der Waals surface area contributed by atoms with Crippen molar-refractivity contribution in [2.45, 2.75) is 33.6 Å². The maximum Gasteiger partial charge on any atom is 0.219 e. The third kappa shape index (κ3) is 3.09. The normalized spacial score (nSPS) is 14.3. The van der Waals surface area contributed by atoms with Gasteiger partial charge in [-0.25, -0.2) is 0 Å². The molecule has 0 atom stereocenters. The highest BCUT2D eigenvalue weighted by Gasteiger charge is 2.14. The molecule has 0 aliphatic carbocycles. The standard InChI is InChI=1S/C12H15NO.C2H6/c1-10(14)13-8-6-11-4-2-3-5-12(11)7-9-13;1-2/h2-5H,6-9H2,1H3;1-2H3. The summed E-state index contributed by atoms with van der Waals surface area (Å²) in [7, 11) is 0. The third-order valence-corrected chi connectivity index (χ3v) is 2.87. The molecule has 1 amide bonds. The number of fused-ring (bicyclic) bond motifs is 1. The number of carbonyl (C=O) groups excluding carboxylic acids is 1. The number of nitrogens with zero attached hydrogens (tertiary/aromatic N) is 1. The van der Waals surface area contributed by atoms with E-state index < -0.39 is 0 Å². The van der Waals surface area contributed by atoms with E-state index >= 15 is 0 Å². The number of hydrogen-bond acceptors (Lipinski definition) is 1. The molecule has 1 heterocycles. The van der Waals surface area contributed by atoms with E-state index in [4.69, 9.17) is 0 Å². The van der Waals surface area contributed by atoms with Crippen molar-refractivity contribution in [3.8, 4) is 0 Å². The van der Waals surface area contributed by atoms with Crippen LogP contribution in [0.25, 0.3) is 0 Å². The molecule has 0 fully saturated rings. The molecule has 0 aromatic heterocycles. The minimum absolute atomic E-state index is 0.192. The molecule has 2 nitrogen and oxygen atoms in total. The zero-order valence-electron chi connectivity index (χ0n) is 10.5. The van der Waals surface area contributed by atoms with Crippen LogP contribution in [0.4, 0.5) is 0 Å². The Morgan fingerprint density at radius 2 is 1.50 bits per heavy atom. The second-order valence-electron chi connectivity index (χ2n) is 3.77. The van der Waals surface area contributed by atoms with E-state index in [1.165, 1.54) is 11.1 Å². The van der Waals surface area contributed by atoms with Crippen LogP contribution in [0, 0.1) is 0 Å². The monoisotopic (exact) mass is 219 g/mol. The lowest BCUT2D eigenvalue weighted by molar-refractivity contribution is -0.128. The maximum atomic E-state index is 11.2. The summed E-state index contributed by atoms with van der Waals surface area (Å²) >= 11 is 0. The number of hydrogen-bond donors (Lipinski definition) is 0. The molecule has 1 aromatic carbocycles. The van der Waals surface area contributed by atoms with Crippen molar-refractivity contribution in [2.24, 2.45) is 0 Å². The Labute approximate surface area is 98.3 Å². The molecule has 0 saturated heterocycles. The molecule has 1 aromatic rings. The first-order valence-corrected chi connectivity index (χ1v) is 6.09. The SMILES string of the molecule is CC.CC(=O)N1CCc2ccccc2CC1. The minimum atomic E-state index is 0.192. The van der Waals surface area contributed by atoms with Crippen LogP contribution in [0.1, 0.15) is 31.9 Å². The van der Waals surface area contributed by atoms with Gasteiger partial charge in [0, 0.05) is 20.0 Å². The molecule has 0 bridgehead atoms. The Bertz CT molecular complexity index is 319. The fourth-order valence-electron chi connectivity index (χ4n) is 1.98. The second-order valence-corrected chi connectivity index (χ2v) is 3.77. The topological polar surface area (TPSA) is 20.3 Å². The van der Waals surface area contributed by atoms with Gasteiger partial charge in [-0.3, -0.25) is 4.79 Å². The Morgan fingerprint density at radius 1 is 1.06 bits per heavy atom. The van der Waals surface area contributed by atoms with Crippen molar-refractivity contribution in [3.63, 3.8) is 0 Å². The van der Waals surface area contributed by atoms with Gasteiger partial charge >= 0.3 is 0 Å². The fraction of sp³-hybridized carbons (Fsp3) is 0.500. The number of amides is 1. The van der Waals surface area contributed by atoms with Gasteiger partial charge in [0.15, 0.2) is 0 Å². The van der Waals surface area contributed by atoms with E-state index in [2.05, 4.69) is 24.3 Å². The molecular formula is C14H21NO. The highest BCUT2D eigenvalue weighted by atomic mass is 16.2. The van der Waals surface area contributed by atoms with Crippen LogP contribution < -0.4 is 0 Å². The number of benzene rings is 1. The van der Waals surface area contributed by atoms with Gasteiger partial charge in [-0.05, 0) is 24.0 Å². The first-order valence-electron chi connectivity index (χ1n) is 6.09. The highest BCUT2D eigenvalue weighted by molar-refractivity contribution is 5.73. The molecule has 0 unspecified atom stereocenters. The minimum Gasteiger partial charge on any atom is -0.342 e. The van der Waals surface area contributed by atoms with Crippen molar-refractivity contribution < 1.29 is 4.79 Å². The van der Waals surface area contributed by atoms with Gasteiger partial charge in [0.05, 0.1) is 0 Å². The molecule has 0 saturated carbocycles.